The highest BCUT2D eigenvalue weighted by Gasteiger charge is 2.48. The second kappa shape index (κ2) is 6.95. The van der Waals surface area contributed by atoms with E-state index in [0.29, 0.717) is 24.3 Å². The maximum absolute atomic E-state index is 12.5. The smallest absolute Gasteiger partial charge is 0.227 e. The van der Waals surface area contributed by atoms with Gasteiger partial charge < -0.3 is 9.15 Å². The van der Waals surface area contributed by atoms with Crippen LogP contribution in [0.2, 0.25) is 0 Å². The summed E-state index contributed by atoms with van der Waals surface area (Å²) >= 11 is 0. The largest absolute Gasteiger partial charge is 0.482 e. The first-order valence-electron chi connectivity index (χ1n) is 9.84. The van der Waals surface area contributed by atoms with Gasteiger partial charge in [0.25, 0.3) is 0 Å². The van der Waals surface area contributed by atoms with Gasteiger partial charge in [-0.2, -0.15) is 0 Å². The molecular weight excluding hydrogens is 350 g/mol. The summed E-state index contributed by atoms with van der Waals surface area (Å²) in [5.41, 5.74) is 3.76. The predicted molar refractivity (Wildman–Crippen MR) is 107 cm³/mol. The third-order valence-corrected chi connectivity index (χ3v) is 5.95. The Labute approximate surface area is 164 Å². The fourth-order valence-corrected chi connectivity index (χ4v) is 4.30. The number of rotatable bonds is 5. The fourth-order valence-electron chi connectivity index (χ4n) is 4.30. The predicted octanol–water partition coefficient (Wildman–Crippen LogP) is 4.65. The van der Waals surface area contributed by atoms with Crippen molar-refractivity contribution in [2.45, 2.75) is 44.5 Å². The third kappa shape index (κ3) is 3.14. The fraction of sp³-hybridized carbons (Fsp3) is 0.292. The quantitative estimate of drug-likeness (QED) is 0.653. The van der Waals surface area contributed by atoms with Crippen LogP contribution in [0.1, 0.15) is 47.8 Å². The van der Waals surface area contributed by atoms with Crippen molar-refractivity contribution in [1.82, 2.24) is 4.90 Å². The van der Waals surface area contributed by atoms with Crippen LogP contribution in [0.15, 0.2) is 76.1 Å². The molecule has 0 bridgehead atoms. The number of benzene rings is 2. The van der Waals surface area contributed by atoms with Gasteiger partial charge in [0.2, 0.25) is 11.2 Å². The molecule has 4 nitrogen and oxygen atoms in total. The Morgan fingerprint density at radius 3 is 2.75 bits per heavy atom. The average molecular weight is 373 g/mol. The van der Waals surface area contributed by atoms with Crippen molar-refractivity contribution in [3.05, 3.63) is 99.6 Å². The highest BCUT2D eigenvalue weighted by atomic mass is 16.5. The second-order valence-electron chi connectivity index (χ2n) is 7.74. The van der Waals surface area contributed by atoms with Gasteiger partial charge in [-0.05, 0) is 30.0 Å². The Kier molecular flexibility index (Phi) is 4.29. The van der Waals surface area contributed by atoms with Crippen LogP contribution in [0.5, 0.6) is 5.75 Å². The minimum atomic E-state index is -0.131. The van der Waals surface area contributed by atoms with E-state index in [2.05, 4.69) is 36.1 Å². The molecule has 3 aromatic rings. The lowest BCUT2D eigenvalue weighted by Crippen LogP contribution is -2.33. The molecule has 2 heterocycles. The van der Waals surface area contributed by atoms with Gasteiger partial charge >= 0.3 is 0 Å². The van der Waals surface area contributed by atoms with Crippen LogP contribution in [-0.4, -0.2) is 10.9 Å². The third-order valence-electron chi connectivity index (χ3n) is 5.95. The maximum Gasteiger partial charge on any atom is 0.227 e. The van der Waals surface area contributed by atoms with Crippen LogP contribution in [0, 0.1) is 0 Å². The van der Waals surface area contributed by atoms with E-state index in [1.807, 2.05) is 30.3 Å². The molecule has 0 N–H and O–H groups in total. The first kappa shape index (κ1) is 17.3. The van der Waals surface area contributed by atoms with Gasteiger partial charge in [-0.1, -0.05) is 54.6 Å². The van der Waals surface area contributed by atoms with Crippen molar-refractivity contribution in [3.8, 4) is 5.75 Å². The summed E-state index contributed by atoms with van der Waals surface area (Å²) in [6, 6.07) is 20.7. The Bertz CT molecular complexity index is 1040. The minimum Gasteiger partial charge on any atom is -0.482 e. The van der Waals surface area contributed by atoms with Gasteiger partial charge in [0.05, 0.1) is 6.04 Å². The summed E-state index contributed by atoms with van der Waals surface area (Å²) in [6.07, 6.45) is 2.64. The SMILES string of the molecule is CC(c1cc(=O)c(OCc2ccccc2)co1)N1Cc2ccccc2C2CC21. The lowest BCUT2D eigenvalue weighted by Gasteiger charge is -2.33. The highest BCUT2D eigenvalue weighted by Crippen LogP contribution is 2.52. The summed E-state index contributed by atoms with van der Waals surface area (Å²) in [6.45, 7) is 3.37. The Hall–Kier alpha value is -2.85. The highest BCUT2D eigenvalue weighted by molar-refractivity contribution is 5.39. The van der Waals surface area contributed by atoms with Gasteiger partial charge in [0, 0.05) is 24.6 Å². The van der Waals surface area contributed by atoms with E-state index in [1.165, 1.54) is 23.8 Å². The normalized spacial score (nSPS) is 21.5. The first-order valence-corrected chi connectivity index (χ1v) is 9.84. The van der Waals surface area contributed by atoms with Crippen molar-refractivity contribution in [1.29, 1.82) is 0 Å². The molecule has 142 valence electrons. The Morgan fingerprint density at radius 2 is 1.93 bits per heavy atom. The molecule has 3 atom stereocenters. The van der Waals surface area contributed by atoms with Gasteiger partial charge in [0.15, 0.2) is 0 Å². The van der Waals surface area contributed by atoms with Crippen LogP contribution in [0.4, 0.5) is 0 Å². The lowest BCUT2D eigenvalue weighted by atomic mass is 9.98. The molecule has 1 saturated carbocycles. The standard InChI is InChI=1S/C24H23NO3/c1-16(25-13-18-9-5-6-10-19(18)20-11-21(20)25)23-12-22(26)24(15-28-23)27-14-17-7-3-2-4-8-17/h2-10,12,15-16,20-21H,11,13-14H2,1H3. The molecule has 0 radical (unpaired) electrons. The van der Waals surface area contributed by atoms with Crippen LogP contribution in [0.3, 0.4) is 0 Å². The number of fused-ring (bicyclic) bond motifs is 3. The molecule has 2 aromatic carbocycles. The number of hydrogen-bond donors (Lipinski definition) is 0. The molecule has 4 heteroatoms. The van der Waals surface area contributed by atoms with Gasteiger partial charge in [0.1, 0.15) is 18.6 Å². The number of hydrogen-bond acceptors (Lipinski definition) is 4. The van der Waals surface area contributed by atoms with Crippen molar-refractivity contribution in [3.63, 3.8) is 0 Å². The lowest BCUT2D eigenvalue weighted by molar-refractivity contribution is 0.155. The van der Waals surface area contributed by atoms with Crippen LogP contribution >= 0.6 is 0 Å². The molecule has 1 aliphatic heterocycles. The molecule has 3 unspecified atom stereocenters. The first-order chi connectivity index (χ1) is 13.7. The van der Waals surface area contributed by atoms with E-state index in [1.54, 1.807) is 6.07 Å². The monoisotopic (exact) mass is 373 g/mol. The Balaban J connectivity index is 1.32. The molecule has 0 spiro atoms. The molecule has 28 heavy (non-hydrogen) atoms. The Morgan fingerprint density at radius 1 is 1.14 bits per heavy atom. The zero-order valence-corrected chi connectivity index (χ0v) is 15.9. The van der Waals surface area contributed by atoms with Crippen molar-refractivity contribution in [2.24, 2.45) is 0 Å². The molecule has 2 aliphatic rings. The molecule has 5 rings (SSSR count). The van der Waals surface area contributed by atoms with Crippen LogP contribution < -0.4 is 10.2 Å². The summed E-state index contributed by atoms with van der Waals surface area (Å²) in [7, 11) is 0. The molecule has 1 aromatic heterocycles. The minimum absolute atomic E-state index is 0.0548. The second-order valence-corrected chi connectivity index (χ2v) is 7.74. The van der Waals surface area contributed by atoms with Gasteiger partial charge in [-0.15, -0.1) is 0 Å². The van der Waals surface area contributed by atoms with E-state index in [4.69, 9.17) is 9.15 Å². The molecule has 0 saturated heterocycles. The van der Waals surface area contributed by atoms with E-state index in [9.17, 15) is 4.79 Å². The summed E-state index contributed by atoms with van der Waals surface area (Å²) in [5, 5.41) is 0. The number of nitrogens with zero attached hydrogens (tertiary/aromatic N) is 1. The van der Waals surface area contributed by atoms with E-state index in [-0.39, 0.29) is 17.2 Å². The van der Waals surface area contributed by atoms with Gasteiger partial charge in [-0.25, -0.2) is 0 Å². The zero-order valence-electron chi connectivity index (χ0n) is 15.9. The van der Waals surface area contributed by atoms with Gasteiger partial charge in [-0.3, -0.25) is 9.69 Å². The topological polar surface area (TPSA) is 42.7 Å². The molecule has 1 fully saturated rings. The summed E-state index contributed by atoms with van der Waals surface area (Å²) in [4.78, 5) is 15.0. The van der Waals surface area contributed by atoms with E-state index >= 15 is 0 Å². The summed E-state index contributed by atoms with van der Waals surface area (Å²) < 4.78 is 11.5. The number of ether oxygens (including phenoxy) is 1. The maximum atomic E-state index is 12.5. The molecule has 1 aliphatic carbocycles. The average Bonchev–Trinajstić information content (AvgIpc) is 3.54. The van der Waals surface area contributed by atoms with Crippen molar-refractivity contribution < 1.29 is 9.15 Å². The molecule has 0 amide bonds. The molecular formula is C24H23NO3. The van der Waals surface area contributed by atoms with E-state index < -0.39 is 0 Å². The van der Waals surface area contributed by atoms with E-state index in [0.717, 1.165) is 12.1 Å². The summed E-state index contributed by atoms with van der Waals surface area (Å²) in [5.74, 6) is 1.57. The van der Waals surface area contributed by atoms with Crippen LogP contribution in [-0.2, 0) is 13.2 Å². The zero-order chi connectivity index (χ0) is 19.1. The van der Waals surface area contributed by atoms with Crippen molar-refractivity contribution in [2.75, 3.05) is 0 Å². The van der Waals surface area contributed by atoms with Crippen LogP contribution in [0.25, 0.3) is 0 Å². The van der Waals surface area contributed by atoms with Crippen molar-refractivity contribution >= 4 is 0 Å².